The van der Waals surface area contributed by atoms with Crippen LogP contribution >= 0.6 is 0 Å². The minimum Gasteiger partial charge on any atom is -0.294 e. The van der Waals surface area contributed by atoms with Crippen LogP contribution in [-0.4, -0.2) is 39.6 Å². The van der Waals surface area contributed by atoms with Crippen molar-refractivity contribution in [1.82, 2.24) is 18.9 Å². The summed E-state index contributed by atoms with van der Waals surface area (Å²) in [5.74, 6) is 0.0635. The van der Waals surface area contributed by atoms with Crippen LogP contribution in [0.4, 0.5) is 0 Å². The van der Waals surface area contributed by atoms with E-state index < -0.39 is 10.0 Å². The number of nitrogens with one attached hydrogen (secondary N) is 1. The summed E-state index contributed by atoms with van der Waals surface area (Å²) in [7, 11) is -3.30. The summed E-state index contributed by atoms with van der Waals surface area (Å²) in [5, 5.41) is 2.92. The summed E-state index contributed by atoms with van der Waals surface area (Å²) in [6.07, 6.45) is 2.49. The van der Waals surface area contributed by atoms with Crippen molar-refractivity contribution in [1.29, 1.82) is 0 Å². The maximum absolute atomic E-state index is 12.3. The van der Waals surface area contributed by atoms with Gasteiger partial charge in [0, 0.05) is 24.4 Å². The molecule has 0 bridgehead atoms. The van der Waals surface area contributed by atoms with E-state index >= 15 is 0 Å². The first-order valence-corrected chi connectivity index (χ1v) is 9.12. The molecular weight excluding hydrogens is 304 g/mol. The molecule has 3 heterocycles. The van der Waals surface area contributed by atoms with Crippen LogP contribution in [0.3, 0.4) is 0 Å². The molecule has 0 unspecified atom stereocenters. The van der Waals surface area contributed by atoms with Gasteiger partial charge >= 0.3 is 0 Å². The Bertz CT molecular complexity index is 853. The van der Waals surface area contributed by atoms with Gasteiger partial charge in [-0.3, -0.25) is 9.89 Å². The molecular formula is C14H20N4O3S. The number of sulfonamides is 1. The van der Waals surface area contributed by atoms with Gasteiger partial charge in [-0.15, -0.1) is 0 Å². The zero-order valence-electron chi connectivity index (χ0n) is 12.7. The lowest BCUT2D eigenvalue weighted by Gasteiger charge is -2.33. The quantitative estimate of drug-likeness (QED) is 0.919. The molecule has 0 aromatic carbocycles. The van der Waals surface area contributed by atoms with Crippen molar-refractivity contribution >= 4 is 15.7 Å². The van der Waals surface area contributed by atoms with E-state index in [1.165, 1.54) is 14.9 Å². The topological polar surface area (TPSA) is 87.5 Å². The van der Waals surface area contributed by atoms with Crippen molar-refractivity contribution in [3.63, 3.8) is 0 Å². The van der Waals surface area contributed by atoms with Crippen LogP contribution in [0.2, 0.25) is 0 Å². The Morgan fingerprint density at radius 2 is 2.14 bits per heavy atom. The Morgan fingerprint density at radius 1 is 1.36 bits per heavy atom. The largest absolute Gasteiger partial charge is 0.294 e. The van der Waals surface area contributed by atoms with E-state index in [1.807, 2.05) is 6.92 Å². The second-order valence-corrected chi connectivity index (χ2v) is 7.89. The smallest absolute Gasteiger partial charge is 0.272 e. The number of piperidine rings is 1. The lowest BCUT2D eigenvalue weighted by Crippen LogP contribution is -2.40. The van der Waals surface area contributed by atoms with Crippen LogP contribution in [-0.2, 0) is 10.0 Å². The van der Waals surface area contributed by atoms with E-state index in [0.717, 1.165) is 18.5 Å². The normalized spacial score (nSPS) is 20.5. The third-order valence-electron chi connectivity index (χ3n) is 4.12. The van der Waals surface area contributed by atoms with Crippen molar-refractivity contribution in [3.05, 3.63) is 33.9 Å². The molecule has 0 saturated carbocycles. The highest BCUT2D eigenvalue weighted by atomic mass is 32.2. The summed E-state index contributed by atoms with van der Waals surface area (Å²) < 4.78 is 27.5. The molecule has 0 spiro atoms. The first-order valence-electron chi connectivity index (χ1n) is 7.51. The Labute approximate surface area is 129 Å². The van der Waals surface area contributed by atoms with Crippen molar-refractivity contribution in [2.45, 2.75) is 39.2 Å². The highest BCUT2D eigenvalue weighted by molar-refractivity contribution is 7.89. The number of aromatic nitrogens is 3. The molecule has 2 aromatic heterocycles. The first kappa shape index (κ1) is 15.2. The second-order valence-electron chi connectivity index (χ2n) is 5.67. The zero-order chi connectivity index (χ0) is 15.9. The molecule has 1 fully saturated rings. The Balaban J connectivity index is 2.09. The third kappa shape index (κ3) is 2.56. The molecule has 1 N–H and O–H groups in total. The molecule has 120 valence electrons. The van der Waals surface area contributed by atoms with Gasteiger partial charge in [0.15, 0.2) is 5.65 Å². The fraction of sp³-hybridized carbons (Fsp3) is 0.571. The van der Waals surface area contributed by atoms with E-state index in [2.05, 4.69) is 10.1 Å². The van der Waals surface area contributed by atoms with Gasteiger partial charge in [-0.2, -0.15) is 4.31 Å². The number of rotatable bonds is 3. The predicted octanol–water partition coefficient (Wildman–Crippen LogP) is 1.21. The highest BCUT2D eigenvalue weighted by Crippen LogP contribution is 2.32. The van der Waals surface area contributed by atoms with E-state index in [9.17, 15) is 13.2 Å². The van der Waals surface area contributed by atoms with Crippen LogP contribution in [0.1, 0.15) is 43.6 Å². The first-order chi connectivity index (χ1) is 10.4. The summed E-state index contributed by atoms with van der Waals surface area (Å²) in [4.78, 5) is 16.7. The van der Waals surface area contributed by atoms with Gasteiger partial charge in [0.25, 0.3) is 5.56 Å². The van der Waals surface area contributed by atoms with Gasteiger partial charge in [-0.1, -0.05) is 6.42 Å². The average molecular weight is 324 g/mol. The monoisotopic (exact) mass is 324 g/mol. The van der Waals surface area contributed by atoms with Crippen molar-refractivity contribution in [2.75, 3.05) is 12.3 Å². The minimum absolute atomic E-state index is 0.0635. The molecule has 0 amide bonds. The molecule has 1 saturated heterocycles. The maximum atomic E-state index is 12.3. The molecule has 1 atom stereocenters. The van der Waals surface area contributed by atoms with Crippen LogP contribution in [0.15, 0.2) is 16.9 Å². The standard InChI is InChI=1S/C14H20N4O3S/c1-3-22(20,21)17-7-5-4-6-12(17)11-9-14(19)18-13(15-11)8-10(2)16-18/h8-9,12,16H,3-7H2,1-2H3/t12-/m0/s1. The van der Waals surface area contributed by atoms with Gasteiger partial charge in [-0.25, -0.2) is 17.9 Å². The van der Waals surface area contributed by atoms with Gasteiger partial charge in [0.05, 0.1) is 17.5 Å². The van der Waals surface area contributed by atoms with Crippen LogP contribution < -0.4 is 5.56 Å². The SMILES string of the molecule is CCS(=O)(=O)N1CCCC[C@H]1c1cc(=O)n2[nH]c(C)cc2n1. The van der Waals surface area contributed by atoms with Crippen LogP contribution in [0.5, 0.6) is 0 Å². The molecule has 8 heteroatoms. The Hall–Kier alpha value is -1.67. The number of aromatic amines is 1. The van der Waals surface area contributed by atoms with Crippen molar-refractivity contribution in [2.24, 2.45) is 0 Å². The van der Waals surface area contributed by atoms with Crippen molar-refractivity contribution < 1.29 is 8.42 Å². The Kier molecular flexibility index (Phi) is 3.82. The van der Waals surface area contributed by atoms with Gasteiger partial charge in [-0.05, 0) is 26.7 Å². The fourth-order valence-corrected chi connectivity index (χ4v) is 4.34. The lowest BCUT2D eigenvalue weighted by atomic mass is 10.0. The number of fused-ring (bicyclic) bond motifs is 1. The molecule has 7 nitrogen and oxygen atoms in total. The molecule has 1 aliphatic rings. The summed E-state index contributed by atoms with van der Waals surface area (Å²) in [5.41, 5.74) is 1.69. The summed E-state index contributed by atoms with van der Waals surface area (Å²) in [6.45, 7) is 3.98. The number of hydrogen-bond acceptors (Lipinski definition) is 4. The number of H-pyrrole nitrogens is 1. The van der Waals surface area contributed by atoms with Gasteiger partial charge in [0.2, 0.25) is 10.0 Å². The van der Waals surface area contributed by atoms with Crippen LogP contribution in [0, 0.1) is 6.92 Å². The average Bonchev–Trinajstić information content (AvgIpc) is 2.88. The predicted molar refractivity (Wildman–Crippen MR) is 83.3 cm³/mol. The zero-order valence-corrected chi connectivity index (χ0v) is 13.6. The van der Waals surface area contributed by atoms with Gasteiger partial charge < -0.3 is 0 Å². The maximum Gasteiger partial charge on any atom is 0.272 e. The molecule has 22 heavy (non-hydrogen) atoms. The summed E-state index contributed by atoms with van der Waals surface area (Å²) in [6, 6.07) is 2.88. The molecule has 3 rings (SSSR count). The highest BCUT2D eigenvalue weighted by Gasteiger charge is 2.33. The Morgan fingerprint density at radius 3 is 2.86 bits per heavy atom. The number of hydrogen-bond donors (Lipinski definition) is 1. The number of aryl methyl sites for hydroxylation is 1. The second kappa shape index (κ2) is 5.51. The van der Waals surface area contributed by atoms with Crippen LogP contribution in [0.25, 0.3) is 5.65 Å². The van der Waals surface area contributed by atoms with E-state index in [1.54, 1.807) is 13.0 Å². The molecule has 0 radical (unpaired) electrons. The summed E-state index contributed by atoms with van der Waals surface area (Å²) >= 11 is 0. The molecule has 2 aromatic rings. The lowest BCUT2D eigenvalue weighted by molar-refractivity contribution is 0.252. The van der Waals surface area contributed by atoms with E-state index in [0.29, 0.717) is 24.3 Å². The fourth-order valence-electron chi connectivity index (χ4n) is 3.00. The molecule has 1 aliphatic heterocycles. The molecule has 0 aliphatic carbocycles. The minimum atomic E-state index is -3.30. The van der Waals surface area contributed by atoms with Gasteiger partial charge in [0.1, 0.15) is 0 Å². The number of nitrogens with zero attached hydrogens (tertiary/aromatic N) is 3. The van der Waals surface area contributed by atoms with Crippen molar-refractivity contribution in [3.8, 4) is 0 Å². The van der Waals surface area contributed by atoms with E-state index in [4.69, 9.17) is 0 Å². The van der Waals surface area contributed by atoms with E-state index in [-0.39, 0.29) is 17.4 Å². The third-order valence-corrected chi connectivity index (χ3v) is 6.00.